The number of benzene rings is 1. The van der Waals surface area contributed by atoms with Crippen molar-refractivity contribution >= 4 is 16.8 Å². The van der Waals surface area contributed by atoms with Crippen LogP contribution in [0, 0.1) is 13.8 Å². The van der Waals surface area contributed by atoms with Gasteiger partial charge in [0.15, 0.2) is 0 Å². The minimum atomic E-state index is 0.0434. The van der Waals surface area contributed by atoms with E-state index < -0.39 is 0 Å². The van der Waals surface area contributed by atoms with Crippen molar-refractivity contribution in [2.24, 2.45) is 0 Å². The molecule has 1 saturated heterocycles. The number of carbonyl (C=O) groups is 1. The number of hydrogen-bond acceptors (Lipinski definition) is 2. The molecule has 2 heterocycles. The van der Waals surface area contributed by atoms with Gasteiger partial charge in [-0.3, -0.25) is 4.79 Å². The highest BCUT2D eigenvalue weighted by Crippen LogP contribution is 2.26. The Morgan fingerprint density at radius 3 is 2.64 bits per heavy atom. The summed E-state index contributed by atoms with van der Waals surface area (Å²) in [5.41, 5.74) is 4.55. The van der Waals surface area contributed by atoms with Gasteiger partial charge in [0.25, 0.3) is 5.91 Å². The van der Waals surface area contributed by atoms with E-state index in [1.807, 2.05) is 12.1 Å². The minimum absolute atomic E-state index is 0.0434. The number of amides is 1. The van der Waals surface area contributed by atoms with E-state index in [9.17, 15) is 4.79 Å². The van der Waals surface area contributed by atoms with Crippen LogP contribution in [0.4, 0.5) is 0 Å². The lowest BCUT2D eigenvalue weighted by Gasteiger charge is -2.26. The maximum absolute atomic E-state index is 12.5. The van der Waals surface area contributed by atoms with Crippen LogP contribution >= 0.6 is 0 Å². The first-order valence-electron chi connectivity index (χ1n) is 9.71. The van der Waals surface area contributed by atoms with Gasteiger partial charge in [0.1, 0.15) is 0 Å². The number of aryl methyl sites for hydroxylation is 2. The van der Waals surface area contributed by atoms with Crippen LogP contribution in [-0.4, -0.2) is 41.6 Å². The number of aromatic nitrogens is 1. The second kappa shape index (κ2) is 8.05. The molecule has 1 aromatic heterocycles. The van der Waals surface area contributed by atoms with Crippen LogP contribution in [0.15, 0.2) is 18.2 Å². The summed E-state index contributed by atoms with van der Waals surface area (Å²) in [6.45, 7) is 11.7. The first-order valence-corrected chi connectivity index (χ1v) is 9.71. The van der Waals surface area contributed by atoms with Crippen molar-refractivity contribution in [1.29, 1.82) is 0 Å². The maximum Gasteiger partial charge on any atom is 0.251 e. The third-order valence-electron chi connectivity index (χ3n) is 5.60. The molecule has 0 bridgehead atoms. The SMILES string of the molecule is CCn1c(C)c(C)c2cc(C(=O)NCCCN3CCCCC3)ccc21. The molecule has 1 amide bonds. The molecule has 4 heteroatoms. The highest BCUT2D eigenvalue weighted by Gasteiger charge is 2.13. The zero-order valence-electron chi connectivity index (χ0n) is 15.9. The molecule has 1 aliphatic heterocycles. The summed E-state index contributed by atoms with van der Waals surface area (Å²) in [7, 11) is 0. The average Bonchev–Trinajstić information content (AvgIpc) is 2.89. The Morgan fingerprint density at radius 2 is 1.92 bits per heavy atom. The number of nitrogens with one attached hydrogen (secondary N) is 1. The second-order valence-electron chi connectivity index (χ2n) is 7.20. The van der Waals surface area contributed by atoms with Gasteiger partial charge >= 0.3 is 0 Å². The third-order valence-corrected chi connectivity index (χ3v) is 5.60. The number of piperidine rings is 1. The summed E-state index contributed by atoms with van der Waals surface area (Å²) < 4.78 is 2.31. The van der Waals surface area contributed by atoms with Gasteiger partial charge < -0.3 is 14.8 Å². The smallest absolute Gasteiger partial charge is 0.251 e. The maximum atomic E-state index is 12.5. The zero-order valence-corrected chi connectivity index (χ0v) is 15.9. The van der Waals surface area contributed by atoms with E-state index in [-0.39, 0.29) is 5.91 Å². The lowest BCUT2D eigenvalue weighted by Crippen LogP contribution is -2.33. The molecule has 1 N–H and O–H groups in total. The Hall–Kier alpha value is -1.81. The molecule has 4 nitrogen and oxygen atoms in total. The van der Waals surface area contributed by atoms with Crippen molar-refractivity contribution < 1.29 is 4.79 Å². The lowest BCUT2D eigenvalue weighted by molar-refractivity contribution is 0.0951. The van der Waals surface area contributed by atoms with Crippen molar-refractivity contribution in [2.75, 3.05) is 26.2 Å². The largest absolute Gasteiger partial charge is 0.352 e. The van der Waals surface area contributed by atoms with E-state index in [0.717, 1.165) is 31.6 Å². The number of carbonyl (C=O) groups excluding carboxylic acids is 1. The van der Waals surface area contributed by atoms with Crippen molar-refractivity contribution in [3.8, 4) is 0 Å². The van der Waals surface area contributed by atoms with E-state index in [1.165, 1.54) is 54.5 Å². The van der Waals surface area contributed by atoms with E-state index in [1.54, 1.807) is 0 Å². The van der Waals surface area contributed by atoms with Gasteiger partial charge in [-0.1, -0.05) is 6.42 Å². The summed E-state index contributed by atoms with van der Waals surface area (Å²) in [6.07, 6.45) is 5.04. The van der Waals surface area contributed by atoms with Crippen LogP contribution in [0.25, 0.3) is 10.9 Å². The van der Waals surface area contributed by atoms with Gasteiger partial charge in [-0.15, -0.1) is 0 Å². The molecule has 3 rings (SSSR count). The van der Waals surface area contributed by atoms with Crippen LogP contribution < -0.4 is 5.32 Å². The highest BCUT2D eigenvalue weighted by atomic mass is 16.1. The third kappa shape index (κ3) is 3.90. The standard InChI is InChI=1S/C21H31N3O/c1-4-24-17(3)16(2)19-15-18(9-10-20(19)24)21(25)22-11-8-14-23-12-6-5-7-13-23/h9-10,15H,4-8,11-14H2,1-3H3,(H,22,25). The van der Waals surface area contributed by atoms with Crippen LogP contribution in [-0.2, 0) is 6.54 Å². The second-order valence-corrected chi connectivity index (χ2v) is 7.20. The monoisotopic (exact) mass is 341 g/mol. The minimum Gasteiger partial charge on any atom is -0.352 e. The summed E-state index contributed by atoms with van der Waals surface area (Å²) in [5.74, 6) is 0.0434. The van der Waals surface area contributed by atoms with Gasteiger partial charge in [0, 0.05) is 35.2 Å². The average molecular weight is 341 g/mol. The van der Waals surface area contributed by atoms with Crippen LogP contribution in [0.1, 0.15) is 54.2 Å². The van der Waals surface area contributed by atoms with Crippen molar-refractivity contribution in [3.63, 3.8) is 0 Å². The zero-order chi connectivity index (χ0) is 17.8. The summed E-state index contributed by atoms with van der Waals surface area (Å²) in [6, 6.07) is 6.08. The van der Waals surface area contributed by atoms with Crippen molar-refractivity contribution in [3.05, 3.63) is 35.0 Å². The fourth-order valence-corrected chi connectivity index (χ4v) is 3.99. The first kappa shape index (κ1) is 18.0. The van der Waals surface area contributed by atoms with E-state index >= 15 is 0 Å². The predicted octanol–water partition coefficient (Wildman–Crippen LogP) is 3.88. The molecule has 1 fully saturated rings. The van der Waals surface area contributed by atoms with Gasteiger partial charge in [-0.25, -0.2) is 0 Å². The Morgan fingerprint density at radius 1 is 1.16 bits per heavy atom. The van der Waals surface area contributed by atoms with Crippen LogP contribution in [0.3, 0.4) is 0 Å². The topological polar surface area (TPSA) is 37.3 Å². The summed E-state index contributed by atoms with van der Waals surface area (Å²) in [4.78, 5) is 15.0. The normalized spacial score (nSPS) is 15.6. The van der Waals surface area contributed by atoms with Crippen molar-refractivity contribution in [1.82, 2.24) is 14.8 Å². The van der Waals surface area contributed by atoms with Gasteiger partial charge in [0.2, 0.25) is 0 Å². The molecule has 1 aromatic carbocycles. The van der Waals surface area contributed by atoms with Crippen molar-refractivity contribution in [2.45, 2.75) is 53.0 Å². The number of fused-ring (bicyclic) bond motifs is 1. The molecule has 25 heavy (non-hydrogen) atoms. The molecule has 2 aromatic rings. The molecular formula is C21H31N3O. The molecule has 0 saturated carbocycles. The summed E-state index contributed by atoms with van der Waals surface area (Å²) in [5, 5.41) is 4.28. The first-order chi connectivity index (χ1) is 12.1. The summed E-state index contributed by atoms with van der Waals surface area (Å²) >= 11 is 0. The number of hydrogen-bond donors (Lipinski definition) is 1. The molecular weight excluding hydrogens is 310 g/mol. The van der Waals surface area contributed by atoms with E-state index in [0.29, 0.717) is 0 Å². The Bertz CT molecular complexity index is 741. The molecule has 0 spiro atoms. The van der Waals surface area contributed by atoms with Crippen LogP contribution in [0.2, 0.25) is 0 Å². The fraction of sp³-hybridized carbons (Fsp3) is 0.571. The number of likely N-dealkylation sites (tertiary alicyclic amines) is 1. The molecule has 0 unspecified atom stereocenters. The predicted molar refractivity (Wildman–Crippen MR) is 104 cm³/mol. The molecule has 0 atom stereocenters. The van der Waals surface area contributed by atoms with E-state index in [4.69, 9.17) is 0 Å². The Balaban J connectivity index is 1.59. The van der Waals surface area contributed by atoms with Crippen LogP contribution in [0.5, 0.6) is 0 Å². The number of nitrogens with zero attached hydrogens (tertiary/aromatic N) is 2. The highest BCUT2D eigenvalue weighted by molar-refractivity contribution is 5.99. The van der Waals surface area contributed by atoms with Gasteiger partial charge in [-0.2, -0.15) is 0 Å². The quantitative estimate of drug-likeness (QED) is 0.810. The Labute approximate surface area is 151 Å². The lowest BCUT2D eigenvalue weighted by atomic mass is 10.1. The number of rotatable bonds is 6. The molecule has 0 radical (unpaired) electrons. The Kier molecular flexibility index (Phi) is 5.79. The van der Waals surface area contributed by atoms with Gasteiger partial charge in [-0.05, 0) is 83.4 Å². The fourth-order valence-electron chi connectivity index (χ4n) is 3.99. The molecule has 0 aliphatic carbocycles. The molecule has 1 aliphatic rings. The van der Waals surface area contributed by atoms with Gasteiger partial charge in [0.05, 0.1) is 0 Å². The van der Waals surface area contributed by atoms with E-state index in [2.05, 4.69) is 41.6 Å². The molecule has 136 valence electrons.